The van der Waals surface area contributed by atoms with Crippen LogP contribution < -0.4 is 0 Å². The highest BCUT2D eigenvalue weighted by Crippen LogP contribution is 2.39. The number of rotatable bonds is 4. The maximum absolute atomic E-state index is 13.1. The summed E-state index contributed by atoms with van der Waals surface area (Å²) in [6.07, 6.45) is 1.58. The standard InChI is InChI=1S/C21H19N5O3/c1-13-22-20(29-25-13)16-12-26(11-15(16)14-6-3-2-4-7-14)21(27)18-10-17(23-24-18)19-8-5-9-28-19/h2-10,15-16H,11-12H2,1H3,(H,23,24)/t15-,16-/m0/s1. The molecule has 0 saturated carbocycles. The third-order valence-electron chi connectivity index (χ3n) is 5.28. The van der Waals surface area contributed by atoms with Crippen LogP contribution in [0.4, 0.5) is 0 Å². The normalized spacial score (nSPS) is 19.0. The van der Waals surface area contributed by atoms with E-state index < -0.39 is 0 Å². The Morgan fingerprint density at radius 2 is 1.97 bits per heavy atom. The fraction of sp³-hybridized carbons (Fsp3) is 0.238. The second-order valence-electron chi connectivity index (χ2n) is 7.16. The monoisotopic (exact) mass is 389 g/mol. The van der Waals surface area contributed by atoms with Gasteiger partial charge in [-0.1, -0.05) is 35.5 Å². The van der Waals surface area contributed by atoms with Gasteiger partial charge in [0.15, 0.2) is 17.3 Å². The number of aryl methyl sites for hydroxylation is 1. The lowest BCUT2D eigenvalue weighted by molar-refractivity contribution is 0.0782. The fourth-order valence-corrected chi connectivity index (χ4v) is 3.87. The van der Waals surface area contributed by atoms with E-state index in [1.807, 2.05) is 24.3 Å². The van der Waals surface area contributed by atoms with Gasteiger partial charge in [0.05, 0.1) is 12.2 Å². The van der Waals surface area contributed by atoms with Crippen molar-refractivity contribution in [3.8, 4) is 11.5 Å². The van der Waals surface area contributed by atoms with Crippen LogP contribution in [0.5, 0.6) is 0 Å². The van der Waals surface area contributed by atoms with Gasteiger partial charge in [0.2, 0.25) is 5.89 Å². The zero-order valence-corrected chi connectivity index (χ0v) is 15.8. The molecule has 0 aliphatic carbocycles. The molecule has 0 bridgehead atoms. The summed E-state index contributed by atoms with van der Waals surface area (Å²) < 4.78 is 10.8. The lowest BCUT2D eigenvalue weighted by Crippen LogP contribution is -2.29. The molecular weight excluding hydrogens is 370 g/mol. The molecule has 0 radical (unpaired) electrons. The molecule has 8 heteroatoms. The molecule has 1 saturated heterocycles. The Bertz CT molecular complexity index is 1120. The second-order valence-corrected chi connectivity index (χ2v) is 7.16. The molecule has 146 valence electrons. The predicted molar refractivity (Wildman–Crippen MR) is 103 cm³/mol. The minimum Gasteiger partial charge on any atom is -0.463 e. The number of aromatic nitrogens is 4. The first kappa shape index (κ1) is 17.4. The summed E-state index contributed by atoms with van der Waals surface area (Å²) >= 11 is 0. The van der Waals surface area contributed by atoms with Crippen molar-refractivity contribution in [1.82, 2.24) is 25.2 Å². The van der Waals surface area contributed by atoms with Gasteiger partial charge in [-0.2, -0.15) is 10.1 Å². The van der Waals surface area contributed by atoms with Gasteiger partial charge in [0.25, 0.3) is 5.91 Å². The Morgan fingerprint density at radius 3 is 2.69 bits per heavy atom. The number of hydrogen-bond donors (Lipinski definition) is 1. The molecule has 8 nitrogen and oxygen atoms in total. The molecule has 1 aromatic carbocycles. The molecule has 2 atom stereocenters. The summed E-state index contributed by atoms with van der Waals surface area (Å²) in [5, 5.41) is 11.0. The highest BCUT2D eigenvalue weighted by atomic mass is 16.5. The van der Waals surface area contributed by atoms with Crippen molar-refractivity contribution in [2.45, 2.75) is 18.8 Å². The van der Waals surface area contributed by atoms with Gasteiger partial charge in [-0.15, -0.1) is 0 Å². The first-order valence-electron chi connectivity index (χ1n) is 9.43. The number of hydrogen-bond acceptors (Lipinski definition) is 6. The fourth-order valence-electron chi connectivity index (χ4n) is 3.87. The number of nitrogens with zero attached hydrogens (tertiary/aromatic N) is 4. The Balaban J connectivity index is 1.43. The van der Waals surface area contributed by atoms with Gasteiger partial charge in [-0.3, -0.25) is 9.89 Å². The summed E-state index contributed by atoms with van der Waals surface area (Å²) in [5.74, 6) is 1.66. The second kappa shape index (κ2) is 7.05. The topological polar surface area (TPSA) is 101 Å². The van der Waals surface area contributed by atoms with E-state index in [9.17, 15) is 4.79 Å². The zero-order valence-electron chi connectivity index (χ0n) is 15.8. The number of carbonyl (C=O) groups is 1. The lowest BCUT2D eigenvalue weighted by atomic mass is 9.89. The summed E-state index contributed by atoms with van der Waals surface area (Å²) in [5.41, 5.74) is 2.16. The van der Waals surface area contributed by atoms with Crippen LogP contribution in [0.3, 0.4) is 0 Å². The molecule has 3 aromatic heterocycles. The summed E-state index contributed by atoms with van der Waals surface area (Å²) in [7, 11) is 0. The predicted octanol–water partition coefficient (Wildman–Crippen LogP) is 3.38. The SMILES string of the molecule is Cc1noc([C@H]2CN(C(=O)c3cc(-c4ccco4)[nH]n3)C[C@H]2c2ccccc2)n1. The van der Waals surface area contributed by atoms with Gasteiger partial charge in [-0.25, -0.2) is 0 Å². The molecule has 4 heterocycles. The van der Waals surface area contributed by atoms with Crippen molar-refractivity contribution >= 4 is 5.91 Å². The average molecular weight is 389 g/mol. The molecule has 0 unspecified atom stereocenters. The molecule has 5 rings (SSSR count). The molecule has 1 fully saturated rings. The van der Waals surface area contributed by atoms with Gasteiger partial charge in [0.1, 0.15) is 5.69 Å². The van der Waals surface area contributed by atoms with Crippen LogP contribution in [0.25, 0.3) is 11.5 Å². The molecule has 29 heavy (non-hydrogen) atoms. The van der Waals surface area contributed by atoms with Crippen molar-refractivity contribution in [2.24, 2.45) is 0 Å². The molecule has 4 aromatic rings. The minimum atomic E-state index is -0.140. The minimum absolute atomic E-state index is 0.0639. The van der Waals surface area contributed by atoms with E-state index in [2.05, 4.69) is 32.5 Å². The van der Waals surface area contributed by atoms with Gasteiger partial charge in [0, 0.05) is 25.1 Å². The van der Waals surface area contributed by atoms with E-state index in [1.54, 1.807) is 30.2 Å². The molecular formula is C21H19N5O3. The summed E-state index contributed by atoms with van der Waals surface area (Å²) in [6, 6.07) is 15.4. The maximum Gasteiger partial charge on any atom is 0.274 e. The van der Waals surface area contributed by atoms with Crippen molar-refractivity contribution in [3.05, 3.63) is 77.8 Å². The number of amides is 1. The van der Waals surface area contributed by atoms with Crippen LogP contribution in [0.15, 0.2) is 63.7 Å². The average Bonchev–Trinajstić information content (AvgIpc) is 3.54. The largest absolute Gasteiger partial charge is 0.463 e. The number of likely N-dealkylation sites (tertiary alicyclic amines) is 1. The van der Waals surface area contributed by atoms with Crippen molar-refractivity contribution in [2.75, 3.05) is 13.1 Å². The molecule has 1 amide bonds. The Kier molecular flexibility index (Phi) is 4.23. The molecule has 1 aliphatic heterocycles. The molecule has 1 N–H and O–H groups in total. The number of nitrogens with one attached hydrogen (secondary N) is 1. The van der Waals surface area contributed by atoms with Crippen LogP contribution in [0.1, 0.15) is 39.6 Å². The first-order chi connectivity index (χ1) is 14.2. The van der Waals surface area contributed by atoms with Crippen LogP contribution in [0, 0.1) is 6.92 Å². The quantitative estimate of drug-likeness (QED) is 0.574. The van der Waals surface area contributed by atoms with E-state index in [1.165, 1.54) is 0 Å². The van der Waals surface area contributed by atoms with Crippen LogP contribution >= 0.6 is 0 Å². The number of carbonyl (C=O) groups excluding carboxylic acids is 1. The maximum atomic E-state index is 13.1. The smallest absolute Gasteiger partial charge is 0.274 e. The zero-order chi connectivity index (χ0) is 19.8. The van der Waals surface area contributed by atoms with Gasteiger partial charge < -0.3 is 13.8 Å². The summed E-state index contributed by atoms with van der Waals surface area (Å²) in [6.45, 7) is 2.84. The molecule has 0 spiro atoms. The van der Waals surface area contributed by atoms with Crippen molar-refractivity contribution in [1.29, 1.82) is 0 Å². The Labute approximate surface area is 166 Å². The van der Waals surface area contributed by atoms with Crippen LogP contribution in [0.2, 0.25) is 0 Å². The Hall–Kier alpha value is -3.68. The number of benzene rings is 1. The van der Waals surface area contributed by atoms with Crippen LogP contribution in [-0.2, 0) is 0 Å². The number of furan rings is 1. The van der Waals surface area contributed by atoms with Crippen molar-refractivity contribution < 1.29 is 13.7 Å². The van der Waals surface area contributed by atoms with E-state index in [-0.39, 0.29) is 17.7 Å². The van der Waals surface area contributed by atoms with Gasteiger partial charge in [-0.05, 0) is 24.6 Å². The van der Waals surface area contributed by atoms with Crippen LogP contribution in [-0.4, -0.2) is 44.2 Å². The first-order valence-corrected chi connectivity index (χ1v) is 9.43. The van der Waals surface area contributed by atoms with Gasteiger partial charge >= 0.3 is 0 Å². The third-order valence-corrected chi connectivity index (χ3v) is 5.28. The Morgan fingerprint density at radius 1 is 1.14 bits per heavy atom. The molecule has 1 aliphatic rings. The number of aromatic amines is 1. The highest BCUT2D eigenvalue weighted by molar-refractivity contribution is 5.93. The van der Waals surface area contributed by atoms with E-state index >= 15 is 0 Å². The van der Waals surface area contributed by atoms with E-state index in [0.29, 0.717) is 42.0 Å². The lowest BCUT2D eigenvalue weighted by Gasteiger charge is -2.15. The highest BCUT2D eigenvalue weighted by Gasteiger charge is 2.40. The number of H-pyrrole nitrogens is 1. The van der Waals surface area contributed by atoms with Crippen molar-refractivity contribution in [3.63, 3.8) is 0 Å². The third kappa shape index (κ3) is 3.22. The van der Waals surface area contributed by atoms with E-state index in [4.69, 9.17) is 8.94 Å². The summed E-state index contributed by atoms with van der Waals surface area (Å²) in [4.78, 5) is 19.4. The van der Waals surface area contributed by atoms with E-state index in [0.717, 1.165) is 5.56 Å².